The number of benzene rings is 1. The topological polar surface area (TPSA) is 79.3 Å². The van der Waals surface area contributed by atoms with Crippen LogP contribution in [0.1, 0.15) is 18.9 Å². The third kappa shape index (κ3) is 2.40. The summed E-state index contributed by atoms with van der Waals surface area (Å²) >= 11 is 1.54. The minimum absolute atomic E-state index is 0.202. The number of amides is 1. The average molecular weight is 304 g/mol. The van der Waals surface area contributed by atoms with Crippen molar-refractivity contribution in [1.82, 2.24) is 10.3 Å². The van der Waals surface area contributed by atoms with Crippen molar-refractivity contribution in [2.24, 2.45) is 17.3 Å². The Morgan fingerprint density at radius 1 is 1.33 bits per heavy atom. The molecule has 110 valence electrons. The summed E-state index contributed by atoms with van der Waals surface area (Å²) in [4.78, 5) is 27.7. The third-order valence-corrected chi connectivity index (χ3v) is 5.16. The number of para-hydroxylation sites is 1. The zero-order valence-electron chi connectivity index (χ0n) is 11.8. The van der Waals surface area contributed by atoms with E-state index < -0.39 is 23.2 Å². The summed E-state index contributed by atoms with van der Waals surface area (Å²) in [6.45, 7) is 3.97. The molecule has 21 heavy (non-hydrogen) atoms. The highest BCUT2D eigenvalue weighted by Gasteiger charge is 2.65. The molecule has 2 atom stereocenters. The van der Waals surface area contributed by atoms with Gasteiger partial charge in [-0.3, -0.25) is 9.59 Å². The number of carbonyl (C=O) groups excluding carboxylic acids is 1. The van der Waals surface area contributed by atoms with Crippen molar-refractivity contribution in [2.75, 3.05) is 0 Å². The molecule has 0 aliphatic heterocycles. The van der Waals surface area contributed by atoms with E-state index in [1.54, 1.807) is 0 Å². The van der Waals surface area contributed by atoms with Gasteiger partial charge in [-0.2, -0.15) is 0 Å². The molecule has 0 spiro atoms. The number of carboxylic acid groups (broad SMARTS) is 1. The Morgan fingerprint density at radius 3 is 2.67 bits per heavy atom. The lowest BCUT2D eigenvalue weighted by Crippen LogP contribution is -2.26. The summed E-state index contributed by atoms with van der Waals surface area (Å²) in [7, 11) is 0. The molecule has 1 saturated carbocycles. The van der Waals surface area contributed by atoms with Crippen LogP contribution in [-0.2, 0) is 16.1 Å². The van der Waals surface area contributed by atoms with Gasteiger partial charge in [-0.15, -0.1) is 11.3 Å². The van der Waals surface area contributed by atoms with E-state index in [0.717, 1.165) is 15.2 Å². The molecule has 1 heterocycles. The summed E-state index contributed by atoms with van der Waals surface area (Å²) in [5.41, 5.74) is 0.450. The quantitative estimate of drug-likeness (QED) is 0.908. The molecule has 1 aromatic heterocycles. The number of carbonyl (C=O) groups is 2. The number of hydrogen-bond acceptors (Lipinski definition) is 4. The van der Waals surface area contributed by atoms with Gasteiger partial charge < -0.3 is 10.4 Å². The standard InChI is InChI=1S/C15H16N2O3S/c1-15(2)11(12(15)14(19)20)13(18)16-7-10-17-8-5-3-4-6-9(8)21-10/h3-6,11-12H,7H2,1-2H3,(H,16,18)(H,19,20). The van der Waals surface area contributed by atoms with Crippen molar-refractivity contribution in [3.8, 4) is 0 Å². The van der Waals surface area contributed by atoms with Crippen LogP contribution in [0.15, 0.2) is 24.3 Å². The largest absolute Gasteiger partial charge is 0.481 e. The number of thiazole rings is 1. The van der Waals surface area contributed by atoms with Crippen LogP contribution < -0.4 is 5.32 Å². The van der Waals surface area contributed by atoms with Crippen molar-refractivity contribution in [3.63, 3.8) is 0 Å². The van der Waals surface area contributed by atoms with Gasteiger partial charge in [0.15, 0.2) is 0 Å². The first kappa shape index (κ1) is 14.0. The Bertz CT molecular complexity index is 690. The minimum atomic E-state index is -0.903. The highest BCUT2D eigenvalue weighted by atomic mass is 32.1. The predicted octanol–water partition coefficient (Wildman–Crippen LogP) is 2.27. The number of hydrogen-bond donors (Lipinski definition) is 2. The number of aliphatic carboxylic acids is 1. The maximum atomic E-state index is 12.1. The van der Waals surface area contributed by atoms with E-state index in [9.17, 15) is 9.59 Å². The van der Waals surface area contributed by atoms with Gasteiger partial charge in [0.1, 0.15) is 5.01 Å². The Labute approximate surface area is 126 Å². The van der Waals surface area contributed by atoms with Crippen LogP contribution in [0.3, 0.4) is 0 Å². The second-order valence-electron chi connectivity index (χ2n) is 5.91. The molecular weight excluding hydrogens is 288 g/mol. The Hall–Kier alpha value is -1.95. The van der Waals surface area contributed by atoms with Gasteiger partial charge in [-0.05, 0) is 17.5 Å². The van der Waals surface area contributed by atoms with Crippen LogP contribution >= 0.6 is 11.3 Å². The molecule has 3 rings (SSSR count). The number of rotatable bonds is 4. The maximum absolute atomic E-state index is 12.1. The highest BCUT2D eigenvalue weighted by molar-refractivity contribution is 7.18. The molecule has 1 amide bonds. The van der Waals surface area contributed by atoms with Gasteiger partial charge in [0.25, 0.3) is 0 Å². The van der Waals surface area contributed by atoms with E-state index in [2.05, 4.69) is 10.3 Å². The molecule has 1 aliphatic rings. The predicted molar refractivity (Wildman–Crippen MR) is 79.9 cm³/mol. The van der Waals surface area contributed by atoms with Crippen molar-refractivity contribution in [3.05, 3.63) is 29.3 Å². The van der Waals surface area contributed by atoms with E-state index >= 15 is 0 Å². The summed E-state index contributed by atoms with van der Waals surface area (Å²) in [6.07, 6.45) is 0. The summed E-state index contributed by atoms with van der Waals surface area (Å²) < 4.78 is 1.08. The van der Waals surface area contributed by atoms with Crippen LogP contribution in [-0.4, -0.2) is 22.0 Å². The molecule has 1 aliphatic carbocycles. The molecule has 5 nitrogen and oxygen atoms in total. The van der Waals surface area contributed by atoms with E-state index in [0.29, 0.717) is 6.54 Å². The minimum Gasteiger partial charge on any atom is -0.481 e. The van der Waals surface area contributed by atoms with Gasteiger partial charge in [-0.1, -0.05) is 26.0 Å². The molecule has 6 heteroatoms. The van der Waals surface area contributed by atoms with Crippen LogP contribution in [0.4, 0.5) is 0 Å². The fourth-order valence-corrected chi connectivity index (χ4v) is 3.76. The lowest BCUT2D eigenvalue weighted by Gasteiger charge is -2.03. The lowest BCUT2D eigenvalue weighted by molar-refractivity contribution is -0.140. The fourth-order valence-electron chi connectivity index (χ4n) is 2.86. The average Bonchev–Trinajstić information content (AvgIpc) is 2.81. The molecule has 0 radical (unpaired) electrons. The van der Waals surface area contributed by atoms with Crippen LogP contribution in [0, 0.1) is 17.3 Å². The van der Waals surface area contributed by atoms with Gasteiger partial charge in [-0.25, -0.2) is 4.98 Å². The monoisotopic (exact) mass is 304 g/mol. The Kier molecular flexibility index (Phi) is 3.20. The van der Waals surface area contributed by atoms with Crippen molar-refractivity contribution in [1.29, 1.82) is 0 Å². The Balaban J connectivity index is 1.65. The SMILES string of the molecule is CC1(C)C(C(=O)O)C1C(=O)NCc1nc2ccccc2s1. The molecule has 0 bridgehead atoms. The number of nitrogens with zero attached hydrogens (tertiary/aromatic N) is 1. The highest BCUT2D eigenvalue weighted by Crippen LogP contribution is 2.58. The number of fused-ring (bicyclic) bond motifs is 1. The molecule has 1 fully saturated rings. The zero-order chi connectivity index (χ0) is 15.2. The van der Waals surface area contributed by atoms with Gasteiger partial charge in [0.2, 0.25) is 5.91 Å². The molecule has 2 unspecified atom stereocenters. The van der Waals surface area contributed by atoms with Crippen molar-refractivity contribution < 1.29 is 14.7 Å². The summed E-state index contributed by atoms with van der Waals surface area (Å²) in [5.74, 6) is -2.15. The molecule has 1 aromatic carbocycles. The molecule has 2 N–H and O–H groups in total. The van der Waals surface area contributed by atoms with Crippen LogP contribution in [0.25, 0.3) is 10.2 Å². The van der Waals surface area contributed by atoms with E-state index in [4.69, 9.17) is 5.11 Å². The van der Waals surface area contributed by atoms with Crippen molar-refractivity contribution in [2.45, 2.75) is 20.4 Å². The maximum Gasteiger partial charge on any atom is 0.307 e. The van der Waals surface area contributed by atoms with Gasteiger partial charge in [0.05, 0.1) is 28.6 Å². The molecule has 0 saturated heterocycles. The number of nitrogens with one attached hydrogen (secondary N) is 1. The van der Waals surface area contributed by atoms with Crippen LogP contribution in [0.5, 0.6) is 0 Å². The lowest BCUT2D eigenvalue weighted by atomic mass is 10.1. The second-order valence-corrected chi connectivity index (χ2v) is 7.02. The van der Waals surface area contributed by atoms with E-state index in [1.807, 2.05) is 38.1 Å². The molecule has 2 aromatic rings. The normalized spacial score (nSPS) is 23.0. The molecular formula is C15H16N2O3S. The zero-order valence-corrected chi connectivity index (χ0v) is 12.6. The summed E-state index contributed by atoms with van der Waals surface area (Å²) in [6, 6.07) is 7.80. The Morgan fingerprint density at radius 2 is 2.05 bits per heavy atom. The first-order valence-corrected chi connectivity index (χ1v) is 7.58. The fraction of sp³-hybridized carbons (Fsp3) is 0.400. The number of aromatic nitrogens is 1. The van der Waals surface area contributed by atoms with E-state index in [1.165, 1.54) is 11.3 Å². The van der Waals surface area contributed by atoms with E-state index in [-0.39, 0.29) is 5.91 Å². The first-order valence-electron chi connectivity index (χ1n) is 6.76. The van der Waals surface area contributed by atoms with Crippen molar-refractivity contribution >= 4 is 33.4 Å². The van der Waals surface area contributed by atoms with Gasteiger partial charge >= 0.3 is 5.97 Å². The summed E-state index contributed by atoms with van der Waals surface area (Å²) in [5, 5.41) is 12.7. The number of carboxylic acids is 1. The smallest absolute Gasteiger partial charge is 0.307 e. The van der Waals surface area contributed by atoms with Gasteiger partial charge in [0, 0.05) is 0 Å². The first-order chi connectivity index (χ1) is 9.91. The van der Waals surface area contributed by atoms with Crippen LogP contribution in [0.2, 0.25) is 0 Å². The second kappa shape index (κ2) is 4.80. The third-order valence-electron chi connectivity index (χ3n) is 4.13.